The van der Waals surface area contributed by atoms with Crippen LogP contribution in [0.1, 0.15) is 51.6 Å². The van der Waals surface area contributed by atoms with Gasteiger partial charge in [0.2, 0.25) is 0 Å². The topological polar surface area (TPSA) is 62.4 Å². The van der Waals surface area contributed by atoms with Gasteiger partial charge < -0.3 is 15.4 Å². The number of carbonyl (C=O) groups is 1. The maximum Gasteiger partial charge on any atom is 0.252 e. The van der Waals surface area contributed by atoms with Crippen LogP contribution in [0, 0.1) is 0 Å². The highest BCUT2D eigenvalue weighted by Gasteiger charge is 2.37. The lowest BCUT2D eigenvalue weighted by atomic mass is 9.83. The molecule has 3 aliphatic heterocycles. The molecule has 1 saturated heterocycles. The second-order valence-electron chi connectivity index (χ2n) is 9.03. The SMILES string of the molecule is O=C(NC1NCc2ccccc21)c1ccc(C2=CC3(CCNCC3)Oc3ccccc32)cc1. The number of rotatable bonds is 3. The molecule has 0 bridgehead atoms. The molecule has 0 aliphatic carbocycles. The Labute approximate surface area is 193 Å². The van der Waals surface area contributed by atoms with Crippen LogP contribution in [0.4, 0.5) is 0 Å². The third-order valence-corrected chi connectivity index (χ3v) is 6.94. The number of nitrogens with one attached hydrogen (secondary N) is 3. The summed E-state index contributed by atoms with van der Waals surface area (Å²) in [6.45, 7) is 2.67. The normalized spacial score (nSPS) is 20.4. The zero-order valence-electron chi connectivity index (χ0n) is 18.4. The molecule has 166 valence electrons. The van der Waals surface area contributed by atoms with E-state index in [9.17, 15) is 4.79 Å². The summed E-state index contributed by atoms with van der Waals surface area (Å²) >= 11 is 0. The largest absolute Gasteiger partial charge is 0.482 e. The van der Waals surface area contributed by atoms with Crippen molar-refractivity contribution in [1.29, 1.82) is 0 Å². The highest BCUT2D eigenvalue weighted by atomic mass is 16.5. The van der Waals surface area contributed by atoms with Gasteiger partial charge in [-0.2, -0.15) is 0 Å². The van der Waals surface area contributed by atoms with E-state index in [1.807, 2.05) is 48.5 Å². The van der Waals surface area contributed by atoms with Gasteiger partial charge in [0, 0.05) is 30.5 Å². The first-order chi connectivity index (χ1) is 16.2. The molecule has 1 spiro atoms. The minimum absolute atomic E-state index is 0.0769. The van der Waals surface area contributed by atoms with Crippen molar-refractivity contribution in [2.45, 2.75) is 31.2 Å². The second-order valence-corrected chi connectivity index (χ2v) is 9.03. The molecule has 6 rings (SSSR count). The minimum Gasteiger partial charge on any atom is -0.482 e. The van der Waals surface area contributed by atoms with Crippen LogP contribution >= 0.6 is 0 Å². The number of amides is 1. The maximum atomic E-state index is 12.9. The molecule has 3 heterocycles. The second kappa shape index (κ2) is 8.18. The van der Waals surface area contributed by atoms with Crippen molar-refractivity contribution in [3.05, 3.63) is 107 Å². The van der Waals surface area contributed by atoms with Gasteiger partial charge in [-0.25, -0.2) is 0 Å². The van der Waals surface area contributed by atoms with Gasteiger partial charge >= 0.3 is 0 Å². The quantitative estimate of drug-likeness (QED) is 0.576. The molecule has 5 nitrogen and oxygen atoms in total. The van der Waals surface area contributed by atoms with Gasteiger partial charge in [0.1, 0.15) is 17.5 Å². The van der Waals surface area contributed by atoms with Gasteiger partial charge in [-0.1, -0.05) is 54.6 Å². The van der Waals surface area contributed by atoms with E-state index in [1.54, 1.807) is 0 Å². The average Bonchev–Trinajstić information content (AvgIpc) is 3.27. The fourth-order valence-electron chi connectivity index (χ4n) is 5.15. The predicted molar refractivity (Wildman–Crippen MR) is 129 cm³/mol. The Bertz CT molecular complexity index is 1230. The number of fused-ring (bicyclic) bond motifs is 2. The first-order valence-corrected chi connectivity index (χ1v) is 11.7. The van der Waals surface area contributed by atoms with Gasteiger partial charge in [-0.05, 0) is 59.6 Å². The van der Waals surface area contributed by atoms with Crippen molar-refractivity contribution < 1.29 is 9.53 Å². The van der Waals surface area contributed by atoms with Crippen LogP contribution in [0.5, 0.6) is 5.75 Å². The van der Waals surface area contributed by atoms with Crippen molar-refractivity contribution in [2.24, 2.45) is 0 Å². The molecule has 0 aromatic heterocycles. The van der Waals surface area contributed by atoms with E-state index in [2.05, 4.69) is 46.3 Å². The van der Waals surface area contributed by atoms with E-state index >= 15 is 0 Å². The van der Waals surface area contributed by atoms with Gasteiger partial charge in [-0.15, -0.1) is 0 Å². The molecule has 3 aliphatic rings. The van der Waals surface area contributed by atoms with E-state index in [0.29, 0.717) is 5.56 Å². The van der Waals surface area contributed by atoms with Gasteiger partial charge in [0.05, 0.1) is 0 Å². The van der Waals surface area contributed by atoms with Crippen molar-refractivity contribution in [1.82, 2.24) is 16.0 Å². The van der Waals surface area contributed by atoms with Gasteiger partial charge in [-0.3, -0.25) is 10.1 Å². The average molecular weight is 438 g/mol. The number of benzene rings is 3. The summed E-state index contributed by atoms with van der Waals surface area (Å²) in [6, 6.07) is 24.4. The third kappa shape index (κ3) is 3.73. The monoisotopic (exact) mass is 437 g/mol. The molecule has 3 N–H and O–H groups in total. The molecule has 1 fully saturated rings. The van der Waals surface area contributed by atoms with Crippen molar-refractivity contribution in [2.75, 3.05) is 13.1 Å². The van der Waals surface area contributed by atoms with E-state index in [4.69, 9.17) is 4.74 Å². The molecular formula is C28H27N3O2. The fraction of sp³-hybridized carbons (Fsp3) is 0.250. The van der Waals surface area contributed by atoms with Crippen molar-refractivity contribution in [3.8, 4) is 5.75 Å². The standard InChI is InChI=1S/C28H27N3O2/c32-27(31-26-22-6-2-1-5-21(22)18-30-26)20-11-9-19(10-12-20)24-17-28(13-15-29-16-14-28)33-25-8-4-3-7-23(24)25/h1-12,17,26,29-30H,13-16,18H2,(H,31,32). The Hall–Kier alpha value is -3.41. The summed E-state index contributed by atoms with van der Waals surface area (Å²) in [7, 11) is 0. The van der Waals surface area contributed by atoms with Crippen molar-refractivity contribution >= 4 is 11.5 Å². The lowest BCUT2D eigenvalue weighted by molar-refractivity contribution is 0.0816. The molecule has 1 atom stereocenters. The number of ether oxygens (including phenoxy) is 1. The molecule has 5 heteroatoms. The highest BCUT2D eigenvalue weighted by molar-refractivity contribution is 5.95. The Balaban J connectivity index is 1.27. The van der Waals surface area contributed by atoms with Crippen LogP contribution < -0.4 is 20.7 Å². The van der Waals surface area contributed by atoms with Crippen LogP contribution in [0.25, 0.3) is 5.57 Å². The molecule has 3 aromatic rings. The van der Waals surface area contributed by atoms with Crippen molar-refractivity contribution in [3.63, 3.8) is 0 Å². The smallest absolute Gasteiger partial charge is 0.252 e. The number of carbonyl (C=O) groups excluding carboxylic acids is 1. The molecule has 1 amide bonds. The van der Waals surface area contributed by atoms with Crippen LogP contribution in [-0.4, -0.2) is 24.6 Å². The summed E-state index contributed by atoms with van der Waals surface area (Å²) in [5.74, 6) is 0.858. The number of para-hydroxylation sites is 1. The first kappa shape index (κ1) is 20.2. The summed E-state index contributed by atoms with van der Waals surface area (Å²) in [6.07, 6.45) is 4.03. The number of hydrogen-bond acceptors (Lipinski definition) is 4. The highest BCUT2D eigenvalue weighted by Crippen LogP contribution is 2.42. The summed E-state index contributed by atoms with van der Waals surface area (Å²) in [4.78, 5) is 12.9. The maximum absolute atomic E-state index is 12.9. The van der Waals surface area contributed by atoms with Crippen LogP contribution in [-0.2, 0) is 6.54 Å². The molecule has 0 saturated carbocycles. The lowest BCUT2D eigenvalue weighted by Crippen LogP contribution is -2.46. The van der Waals surface area contributed by atoms with E-state index in [0.717, 1.165) is 54.9 Å². The molecule has 33 heavy (non-hydrogen) atoms. The summed E-state index contributed by atoms with van der Waals surface area (Å²) in [5.41, 5.74) is 6.13. The zero-order chi connectivity index (χ0) is 22.3. The first-order valence-electron chi connectivity index (χ1n) is 11.7. The van der Waals surface area contributed by atoms with E-state index < -0.39 is 0 Å². The third-order valence-electron chi connectivity index (χ3n) is 6.94. The zero-order valence-corrected chi connectivity index (χ0v) is 18.4. The summed E-state index contributed by atoms with van der Waals surface area (Å²) in [5, 5.41) is 9.92. The summed E-state index contributed by atoms with van der Waals surface area (Å²) < 4.78 is 6.49. The van der Waals surface area contributed by atoms with Crippen LogP contribution in [0.2, 0.25) is 0 Å². The van der Waals surface area contributed by atoms with Gasteiger partial charge in [0.25, 0.3) is 5.91 Å². The number of piperidine rings is 1. The molecule has 0 radical (unpaired) electrons. The van der Waals surface area contributed by atoms with Gasteiger partial charge in [0.15, 0.2) is 0 Å². The van der Waals surface area contributed by atoms with E-state index in [-0.39, 0.29) is 17.7 Å². The number of hydrogen-bond donors (Lipinski definition) is 3. The lowest BCUT2D eigenvalue weighted by Gasteiger charge is -2.40. The van der Waals surface area contributed by atoms with Crippen LogP contribution in [0.15, 0.2) is 78.9 Å². The fourth-order valence-corrected chi connectivity index (χ4v) is 5.15. The molecule has 1 unspecified atom stereocenters. The molecular weight excluding hydrogens is 410 g/mol. The van der Waals surface area contributed by atoms with Crippen LogP contribution in [0.3, 0.4) is 0 Å². The Morgan fingerprint density at radius 1 is 0.939 bits per heavy atom. The Morgan fingerprint density at radius 2 is 1.70 bits per heavy atom. The Kier molecular flexibility index (Phi) is 5.01. The predicted octanol–water partition coefficient (Wildman–Crippen LogP) is 4.16. The molecule has 3 aromatic carbocycles. The Morgan fingerprint density at radius 3 is 2.55 bits per heavy atom. The van der Waals surface area contributed by atoms with E-state index in [1.165, 1.54) is 11.1 Å². The minimum atomic E-state index is -0.271.